The second-order valence-corrected chi connectivity index (χ2v) is 21.0. The molecule has 0 saturated heterocycles. The monoisotopic (exact) mass is 762 g/mol. The van der Waals surface area contributed by atoms with Crippen molar-refractivity contribution in [2.75, 3.05) is 9.80 Å². The largest absolute Gasteiger partial charge is 0.311 e. The highest BCUT2D eigenvalue weighted by atomic mass is 28.3. The zero-order chi connectivity index (χ0) is 39.5. The predicted octanol–water partition coefficient (Wildman–Crippen LogP) is 15.3. The van der Waals surface area contributed by atoms with Crippen molar-refractivity contribution in [3.8, 4) is 33.4 Å². The summed E-state index contributed by atoms with van der Waals surface area (Å²) in [6, 6.07) is 81.3. The summed E-state index contributed by atoms with van der Waals surface area (Å²) < 4.78 is 0. The van der Waals surface area contributed by atoms with Crippen molar-refractivity contribution in [2.45, 2.75) is 19.6 Å². The Kier molecular flexibility index (Phi) is 10.1. The normalized spacial score (nSPS) is 11.4. The summed E-state index contributed by atoms with van der Waals surface area (Å²) in [6.07, 6.45) is 0. The highest BCUT2D eigenvalue weighted by Crippen LogP contribution is 2.39. The number of anilines is 6. The van der Waals surface area contributed by atoms with Gasteiger partial charge in [0, 0.05) is 34.1 Å². The topological polar surface area (TPSA) is 6.48 Å². The molecule has 0 atom stereocenters. The molecule has 3 heteroatoms. The molecule has 9 rings (SSSR count). The van der Waals surface area contributed by atoms with Crippen LogP contribution in [0.1, 0.15) is 0 Å². The Morgan fingerprint density at radius 2 is 0.672 bits per heavy atom. The van der Waals surface area contributed by atoms with Crippen molar-refractivity contribution in [1.82, 2.24) is 0 Å². The SMILES string of the molecule is C[Si](C)(C)c1ccc(N(c2ccc(-c3ccc(-c4ccc(N(c5ccccc5)c5ccccc5)cc4)cc3)cc2)c2cccc(-c3cccc4ccccc34)c2)cc1. The molecule has 0 aliphatic carbocycles. The van der Waals surface area contributed by atoms with Crippen molar-refractivity contribution in [3.05, 3.63) is 224 Å². The maximum atomic E-state index is 2.40. The number of hydrogen-bond donors (Lipinski definition) is 0. The van der Waals surface area contributed by atoms with Crippen LogP contribution in [0.4, 0.5) is 34.1 Å². The van der Waals surface area contributed by atoms with E-state index in [0.29, 0.717) is 0 Å². The molecule has 2 nitrogen and oxygen atoms in total. The molecular formula is C55H46N2Si. The van der Waals surface area contributed by atoms with Crippen molar-refractivity contribution in [3.63, 3.8) is 0 Å². The second kappa shape index (κ2) is 15.9. The first kappa shape index (κ1) is 36.7. The van der Waals surface area contributed by atoms with Crippen LogP contribution in [0.15, 0.2) is 224 Å². The van der Waals surface area contributed by atoms with Gasteiger partial charge in [-0.05, 0) is 117 Å². The fourth-order valence-electron chi connectivity index (χ4n) is 7.91. The van der Waals surface area contributed by atoms with Crippen molar-refractivity contribution < 1.29 is 0 Å². The molecule has 58 heavy (non-hydrogen) atoms. The summed E-state index contributed by atoms with van der Waals surface area (Å²) in [7, 11) is -1.45. The summed E-state index contributed by atoms with van der Waals surface area (Å²) >= 11 is 0. The fraction of sp³-hybridized carbons (Fsp3) is 0.0545. The number of benzene rings is 9. The Hall–Kier alpha value is -6.94. The van der Waals surface area contributed by atoms with Gasteiger partial charge in [-0.15, -0.1) is 0 Å². The summed E-state index contributed by atoms with van der Waals surface area (Å²) in [5.41, 5.74) is 14.0. The highest BCUT2D eigenvalue weighted by Gasteiger charge is 2.19. The van der Waals surface area contributed by atoms with Gasteiger partial charge in [0.25, 0.3) is 0 Å². The standard InChI is InChI=1S/C55H46N2Si/c1-58(2,3)53-38-36-51(37-39-53)57(52-21-12-16-46(40-52)55-23-13-15-45-14-10-11-22-54(45)55)50-34-30-44(31-35-50)42-26-24-41(25-27-42)43-28-32-49(33-29-43)56(47-17-6-4-7-18-47)48-19-8-5-9-20-48/h4-40H,1-3H3. The predicted molar refractivity (Wildman–Crippen MR) is 253 cm³/mol. The summed E-state index contributed by atoms with van der Waals surface area (Å²) in [6.45, 7) is 7.21. The van der Waals surface area contributed by atoms with E-state index in [9.17, 15) is 0 Å². The zero-order valence-corrected chi connectivity index (χ0v) is 34.3. The van der Waals surface area contributed by atoms with E-state index in [2.05, 4.69) is 254 Å². The molecule has 0 aliphatic heterocycles. The first-order chi connectivity index (χ1) is 28.4. The molecule has 0 fully saturated rings. The average molecular weight is 763 g/mol. The minimum absolute atomic E-state index is 1.12. The van der Waals surface area contributed by atoms with E-state index in [4.69, 9.17) is 0 Å². The molecule has 0 heterocycles. The summed E-state index contributed by atoms with van der Waals surface area (Å²) in [5, 5.41) is 3.97. The molecule has 0 aromatic heterocycles. The third kappa shape index (κ3) is 7.60. The van der Waals surface area contributed by atoms with Crippen molar-refractivity contribution in [1.29, 1.82) is 0 Å². The van der Waals surface area contributed by atoms with Crippen LogP contribution in [0.5, 0.6) is 0 Å². The number of rotatable bonds is 10. The first-order valence-corrected chi connectivity index (χ1v) is 23.6. The maximum absolute atomic E-state index is 2.40. The molecule has 0 amide bonds. The highest BCUT2D eigenvalue weighted by molar-refractivity contribution is 6.88. The average Bonchev–Trinajstić information content (AvgIpc) is 3.28. The lowest BCUT2D eigenvalue weighted by Gasteiger charge is -2.27. The summed E-state index contributed by atoms with van der Waals surface area (Å²) in [5.74, 6) is 0. The van der Waals surface area contributed by atoms with E-state index in [1.165, 1.54) is 49.3 Å². The quantitative estimate of drug-likeness (QED) is 0.128. The van der Waals surface area contributed by atoms with Gasteiger partial charge in [-0.1, -0.05) is 176 Å². The van der Waals surface area contributed by atoms with Crippen LogP contribution in [0, 0.1) is 0 Å². The van der Waals surface area contributed by atoms with Crippen LogP contribution >= 0.6 is 0 Å². The Morgan fingerprint density at radius 1 is 0.293 bits per heavy atom. The van der Waals surface area contributed by atoms with Gasteiger partial charge in [0.05, 0.1) is 8.07 Å². The Morgan fingerprint density at radius 3 is 1.19 bits per heavy atom. The minimum atomic E-state index is -1.45. The lowest BCUT2D eigenvalue weighted by Crippen LogP contribution is -2.37. The first-order valence-electron chi connectivity index (χ1n) is 20.1. The van der Waals surface area contributed by atoms with Crippen molar-refractivity contribution in [2.24, 2.45) is 0 Å². The third-order valence-corrected chi connectivity index (χ3v) is 13.1. The van der Waals surface area contributed by atoms with Crippen LogP contribution in [-0.2, 0) is 0 Å². The third-order valence-electron chi connectivity index (χ3n) is 11.0. The van der Waals surface area contributed by atoms with Crippen LogP contribution in [-0.4, -0.2) is 8.07 Å². The molecule has 0 aliphatic rings. The number of para-hydroxylation sites is 2. The van der Waals surface area contributed by atoms with E-state index in [-0.39, 0.29) is 0 Å². The van der Waals surface area contributed by atoms with E-state index in [1.807, 2.05) is 0 Å². The molecule has 0 N–H and O–H groups in total. The van der Waals surface area contributed by atoms with Gasteiger partial charge in [-0.2, -0.15) is 0 Å². The molecule has 0 unspecified atom stereocenters. The number of fused-ring (bicyclic) bond motifs is 1. The minimum Gasteiger partial charge on any atom is -0.311 e. The van der Waals surface area contributed by atoms with Gasteiger partial charge in [0.15, 0.2) is 0 Å². The molecule has 280 valence electrons. The lowest BCUT2D eigenvalue weighted by molar-refractivity contribution is 1.28. The Labute approximate surface area is 344 Å². The zero-order valence-electron chi connectivity index (χ0n) is 33.3. The van der Waals surface area contributed by atoms with E-state index in [1.54, 1.807) is 0 Å². The van der Waals surface area contributed by atoms with Gasteiger partial charge in [-0.25, -0.2) is 0 Å². The molecule has 9 aromatic carbocycles. The lowest BCUT2D eigenvalue weighted by atomic mass is 9.97. The smallest absolute Gasteiger partial charge is 0.0775 e. The number of hydrogen-bond acceptors (Lipinski definition) is 2. The molecule has 0 radical (unpaired) electrons. The number of nitrogens with zero attached hydrogens (tertiary/aromatic N) is 2. The van der Waals surface area contributed by atoms with Crippen LogP contribution in [0.2, 0.25) is 19.6 Å². The molecule has 0 saturated carbocycles. The molecular weight excluding hydrogens is 717 g/mol. The second-order valence-electron chi connectivity index (χ2n) is 15.9. The molecule has 0 spiro atoms. The van der Waals surface area contributed by atoms with E-state index in [0.717, 1.165) is 34.1 Å². The van der Waals surface area contributed by atoms with Crippen molar-refractivity contribution >= 4 is 58.2 Å². The fourth-order valence-corrected chi connectivity index (χ4v) is 9.08. The van der Waals surface area contributed by atoms with E-state index < -0.39 is 8.07 Å². The Balaban J connectivity index is 1.00. The molecule has 0 bridgehead atoms. The Bertz CT molecular complexity index is 2730. The van der Waals surface area contributed by atoms with Gasteiger partial charge in [0.2, 0.25) is 0 Å². The van der Waals surface area contributed by atoms with Gasteiger partial charge in [0.1, 0.15) is 0 Å². The summed E-state index contributed by atoms with van der Waals surface area (Å²) in [4.78, 5) is 4.68. The molecule has 9 aromatic rings. The maximum Gasteiger partial charge on any atom is 0.0775 e. The van der Waals surface area contributed by atoms with Gasteiger partial charge >= 0.3 is 0 Å². The van der Waals surface area contributed by atoms with Crippen LogP contribution in [0.3, 0.4) is 0 Å². The van der Waals surface area contributed by atoms with Gasteiger partial charge in [-0.3, -0.25) is 0 Å². The van der Waals surface area contributed by atoms with Gasteiger partial charge < -0.3 is 9.80 Å². The van der Waals surface area contributed by atoms with Crippen LogP contribution in [0.25, 0.3) is 44.2 Å². The van der Waals surface area contributed by atoms with E-state index >= 15 is 0 Å². The van der Waals surface area contributed by atoms with Crippen LogP contribution < -0.4 is 15.0 Å².